The number of nitrogens with zero attached hydrogens (tertiary/aromatic N) is 2. The van der Waals surface area contributed by atoms with Crippen LogP contribution in [0.15, 0.2) is 0 Å². The Kier molecular flexibility index (Phi) is 3.43. The van der Waals surface area contributed by atoms with Gasteiger partial charge in [-0.3, -0.25) is 0 Å². The first kappa shape index (κ1) is 11.4. The number of nitrogens with one attached hydrogen (secondary N) is 1. The van der Waals surface area contributed by atoms with Crippen molar-refractivity contribution < 1.29 is 0 Å². The number of nitrogens with two attached hydrogens (primary N) is 1. The van der Waals surface area contributed by atoms with Crippen LogP contribution in [0.1, 0.15) is 37.4 Å². The fourth-order valence-electron chi connectivity index (χ4n) is 2.17. The lowest BCUT2D eigenvalue weighted by Gasteiger charge is -2.06. The first-order chi connectivity index (χ1) is 7.74. The predicted molar refractivity (Wildman–Crippen MR) is 69.8 cm³/mol. The molecule has 2 heterocycles. The van der Waals surface area contributed by atoms with Crippen molar-refractivity contribution in [1.82, 2.24) is 9.78 Å². The van der Waals surface area contributed by atoms with Crippen LogP contribution < -0.4 is 11.1 Å². The highest BCUT2D eigenvalue weighted by Gasteiger charge is 2.19. The molecule has 1 aliphatic rings. The van der Waals surface area contributed by atoms with Crippen molar-refractivity contribution in [3.8, 4) is 0 Å². The Labute approximate surface area is 101 Å². The summed E-state index contributed by atoms with van der Waals surface area (Å²) in [6.45, 7) is 3.14. The first-order valence-electron chi connectivity index (χ1n) is 5.88. The van der Waals surface area contributed by atoms with Crippen LogP contribution in [0.2, 0.25) is 0 Å². The average molecular weight is 238 g/mol. The highest BCUT2D eigenvalue weighted by molar-refractivity contribution is 7.80. The molecule has 0 bridgehead atoms. The molecule has 1 aromatic rings. The normalized spacial score (nSPS) is 15.1. The molecular formula is C11H18N4S. The Morgan fingerprint density at radius 2 is 2.38 bits per heavy atom. The average Bonchev–Trinajstić information content (AvgIpc) is 2.46. The van der Waals surface area contributed by atoms with E-state index in [1.807, 2.05) is 0 Å². The monoisotopic (exact) mass is 238 g/mol. The molecule has 0 unspecified atom stereocenters. The highest BCUT2D eigenvalue weighted by atomic mass is 32.1. The highest BCUT2D eigenvalue weighted by Crippen LogP contribution is 2.25. The van der Waals surface area contributed by atoms with Gasteiger partial charge in [0.25, 0.3) is 0 Å². The molecule has 0 aliphatic carbocycles. The molecule has 0 radical (unpaired) electrons. The van der Waals surface area contributed by atoms with Gasteiger partial charge in [0.05, 0.1) is 5.69 Å². The van der Waals surface area contributed by atoms with Gasteiger partial charge in [0.2, 0.25) is 0 Å². The lowest BCUT2D eigenvalue weighted by Crippen LogP contribution is -2.23. The van der Waals surface area contributed by atoms with E-state index in [0.717, 1.165) is 37.3 Å². The van der Waals surface area contributed by atoms with Gasteiger partial charge in [0, 0.05) is 12.1 Å². The Hall–Kier alpha value is -1.10. The van der Waals surface area contributed by atoms with Gasteiger partial charge in [-0.1, -0.05) is 13.3 Å². The summed E-state index contributed by atoms with van der Waals surface area (Å²) in [5, 5.41) is 8.22. The maximum absolute atomic E-state index is 5.69. The number of aromatic nitrogens is 2. The van der Waals surface area contributed by atoms with Crippen molar-refractivity contribution in [2.75, 3.05) is 11.9 Å². The minimum absolute atomic E-state index is 0.327. The Bertz CT molecular complexity index is 397. The van der Waals surface area contributed by atoms with Crippen molar-refractivity contribution in [2.24, 2.45) is 5.73 Å². The van der Waals surface area contributed by atoms with E-state index in [0.29, 0.717) is 5.11 Å². The second-order valence-electron chi connectivity index (χ2n) is 4.16. The largest absolute Gasteiger partial charge is 0.374 e. The molecule has 0 spiro atoms. The van der Waals surface area contributed by atoms with Crippen LogP contribution in [0.25, 0.3) is 0 Å². The summed E-state index contributed by atoms with van der Waals surface area (Å²) in [6, 6.07) is 0. The molecule has 0 aromatic carbocycles. The molecule has 4 nitrogen and oxygen atoms in total. The number of thiocarbonyl (C=S) groups is 1. The summed E-state index contributed by atoms with van der Waals surface area (Å²) in [5.74, 6) is 1.02. The van der Waals surface area contributed by atoms with Gasteiger partial charge in [0.15, 0.2) is 5.11 Å². The number of anilines is 1. The van der Waals surface area contributed by atoms with E-state index in [1.165, 1.54) is 18.4 Å². The Balaban J connectivity index is 2.44. The van der Waals surface area contributed by atoms with Crippen molar-refractivity contribution in [3.05, 3.63) is 11.3 Å². The quantitative estimate of drug-likeness (QED) is 0.770. The third-order valence-corrected chi connectivity index (χ3v) is 3.08. The summed E-state index contributed by atoms with van der Waals surface area (Å²) in [4.78, 5) is 0. The van der Waals surface area contributed by atoms with E-state index in [-0.39, 0.29) is 0 Å². The van der Waals surface area contributed by atoms with Crippen molar-refractivity contribution in [2.45, 2.75) is 39.0 Å². The standard InChI is InChI=1S/C11H18N4S/c1-2-5-9-8-6-3-4-7-13-10(8)15(14-9)11(12)16/h13H,2-7H2,1H3,(H2,12,16). The number of hydrogen-bond donors (Lipinski definition) is 2. The number of fused-ring (bicyclic) bond motifs is 1. The zero-order valence-electron chi connectivity index (χ0n) is 9.62. The van der Waals surface area contributed by atoms with E-state index < -0.39 is 0 Å². The molecule has 0 saturated carbocycles. The molecule has 16 heavy (non-hydrogen) atoms. The zero-order valence-corrected chi connectivity index (χ0v) is 10.4. The summed E-state index contributed by atoms with van der Waals surface area (Å²) < 4.78 is 1.68. The van der Waals surface area contributed by atoms with Gasteiger partial charge >= 0.3 is 0 Å². The van der Waals surface area contributed by atoms with Gasteiger partial charge in [-0.25, -0.2) is 0 Å². The van der Waals surface area contributed by atoms with E-state index in [4.69, 9.17) is 18.0 Å². The number of aryl methyl sites for hydroxylation is 1. The number of rotatable bonds is 2. The van der Waals surface area contributed by atoms with Gasteiger partial charge in [-0.05, 0) is 37.9 Å². The lowest BCUT2D eigenvalue weighted by molar-refractivity contribution is 0.759. The van der Waals surface area contributed by atoms with Crippen LogP contribution >= 0.6 is 12.2 Å². The second-order valence-corrected chi connectivity index (χ2v) is 4.58. The molecule has 1 aliphatic heterocycles. The van der Waals surface area contributed by atoms with E-state index >= 15 is 0 Å². The van der Waals surface area contributed by atoms with Crippen molar-refractivity contribution >= 4 is 23.1 Å². The maximum Gasteiger partial charge on any atom is 0.193 e. The first-order valence-corrected chi connectivity index (χ1v) is 6.29. The predicted octanol–water partition coefficient (Wildman–Crippen LogP) is 1.68. The van der Waals surface area contributed by atoms with E-state index in [1.54, 1.807) is 4.68 Å². The SMILES string of the molecule is CCCc1nn(C(N)=S)c2c1CCCCN2. The van der Waals surface area contributed by atoms with Crippen LogP contribution in [0.3, 0.4) is 0 Å². The topological polar surface area (TPSA) is 55.9 Å². The third kappa shape index (κ3) is 2.04. The van der Waals surface area contributed by atoms with Gasteiger partial charge in [-0.2, -0.15) is 9.78 Å². The van der Waals surface area contributed by atoms with Gasteiger partial charge in [0.1, 0.15) is 5.82 Å². The van der Waals surface area contributed by atoms with Crippen LogP contribution in [0.5, 0.6) is 0 Å². The molecule has 1 aromatic heterocycles. The molecule has 0 amide bonds. The molecular weight excluding hydrogens is 220 g/mol. The molecule has 88 valence electrons. The smallest absolute Gasteiger partial charge is 0.193 e. The Morgan fingerprint density at radius 1 is 1.56 bits per heavy atom. The third-order valence-electron chi connectivity index (χ3n) is 2.91. The minimum Gasteiger partial charge on any atom is -0.374 e. The molecule has 0 atom stereocenters. The molecule has 3 N–H and O–H groups in total. The maximum atomic E-state index is 5.69. The molecule has 2 rings (SSSR count). The van der Waals surface area contributed by atoms with Crippen LogP contribution in [0.4, 0.5) is 5.82 Å². The fourth-order valence-corrected chi connectivity index (χ4v) is 2.30. The van der Waals surface area contributed by atoms with Crippen LogP contribution in [-0.2, 0) is 12.8 Å². The van der Waals surface area contributed by atoms with Crippen molar-refractivity contribution in [3.63, 3.8) is 0 Å². The van der Waals surface area contributed by atoms with E-state index in [9.17, 15) is 0 Å². The molecule has 0 fully saturated rings. The number of hydrogen-bond acceptors (Lipinski definition) is 3. The fraction of sp³-hybridized carbons (Fsp3) is 0.636. The summed E-state index contributed by atoms with van der Waals surface area (Å²) >= 11 is 5.03. The summed E-state index contributed by atoms with van der Waals surface area (Å²) in [5.41, 5.74) is 8.15. The van der Waals surface area contributed by atoms with Crippen LogP contribution in [-0.4, -0.2) is 21.4 Å². The van der Waals surface area contributed by atoms with Gasteiger partial charge in [-0.15, -0.1) is 0 Å². The minimum atomic E-state index is 0.327. The van der Waals surface area contributed by atoms with Gasteiger partial charge < -0.3 is 11.1 Å². The summed E-state index contributed by atoms with van der Waals surface area (Å²) in [6.07, 6.45) is 5.58. The second kappa shape index (κ2) is 4.82. The zero-order chi connectivity index (χ0) is 11.5. The van der Waals surface area contributed by atoms with E-state index in [2.05, 4.69) is 17.3 Å². The summed E-state index contributed by atoms with van der Waals surface area (Å²) in [7, 11) is 0. The van der Waals surface area contributed by atoms with Crippen LogP contribution in [0, 0.1) is 0 Å². The lowest BCUT2D eigenvalue weighted by atomic mass is 10.1. The Morgan fingerprint density at radius 3 is 3.06 bits per heavy atom. The van der Waals surface area contributed by atoms with Crippen molar-refractivity contribution in [1.29, 1.82) is 0 Å². The molecule has 0 saturated heterocycles. The molecule has 5 heteroatoms.